The molecule has 3 rings (SSSR count). The summed E-state index contributed by atoms with van der Waals surface area (Å²) in [4.78, 5) is 4.42. The lowest BCUT2D eigenvalue weighted by atomic mass is 10.1. The van der Waals surface area contributed by atoms with E-state index in [0.29, 0.717) is 16.5 Å². The molecule has 1 aromatic heterocycles. The Hall–Kier alpha value is -2.57. The molecule has 0 aliphatic carbocycles. The number of sulfonamides is 1. The average Bonchev–Trinajstić information content (AvgIpc) is 2.64. The third-order valence-corrected chi connectivity index (χ3v) is 5.45. The van der Waals surface area contributed by atoms with E-state index in [1.807, 2.05) is 18.2 Å². The highest BCUT2D eigenvalue weighted by Gasteiger charge is 2.14. The molecule has 0 atom stereocenters. The smallest absolute Gasteiger partial charge is 0.261 e. The van der Waals surface area contributed by atoms with Crippen LogP contribution in [0.1, 0.15) is 12.5 Å². The monoisotopic (exact) mass is 387 g/mol. The Morgan fingerprint density at radius 2 is 1.73 bits per heavy atom. The zero-order valence-electron chi connectivity index (χ0n) is 14.1. The first-order chi connectivity index (χ1) is 12.5. The van der Waals surface area contributed by atoms with Gasteiger partial charge in [0, 0.05) is 10.7 Å². The van der Waals surface area contributed by atoms with Crippen molar-refractivity contribution in [2.24, 2.45) is 0 Å². The maximum atomic E-state index is 12.4. The summed E-state index contributed by atoms with van der Waals surface area (Å²) in [5.74, 6) is 0.639. The molecule has 0 unspecified atom stereocenters. The number of nitrogens with one attached hydrogen (secondary N) is 2. The predicted molar refractivity (Wildman–Crippen MR) is 106 cm³/mol. The third kappa shape index (κ3) is 4.33. The largest absolute Gasteiger partial charge is 0.340 e. The number of pyridine rings is 1. The van der Waals surface area contributed by atoms with E-state index in [1.165, 1.54) is 36.0 Å². The number of para-hydroxylation sites is 1. The van der Waals surface area contributed by atoms with Gasteiger partial charge in [0.1, 0.15) is 5.82 Å². The number of benzene rings is 2. The fourth-order valence-electron chi connectivity index (χ4n) is 2.44. The number of aromatic nitrogens is 1. The quantitative estimate of drug-likeness (QED) is 0.634. The van der Waals surface area contributed by atoms with E-state index < -0.39 is 10.0 Å². The molecule has 0 aliphatic heterocycles. The van der Waals surface area contributed by atoms with Gasteiger partial charge in [0.15, 0.2) is 0 Å². The maximum Gasteiger partial charge on any atom is 0.261 e. The molecule has 3 aromatic rings. The molecule has 0 amide bonds. The van der Waals surface area contributed by atoms with Gasteiger partial charge in [-0.2, -0.15) is 0 Å². The average molecular weight is 388 g/mol. The third-order valence-electron chi connectivity index (χ3n) is 3.80. The second kappa shape index (κ2) is 7.76. The molecule has 134 valence electrons. The predicted octanol–water partition coefficient (Wildman–Crippen LogP) is 4.84. The van der Waals surface area contributed by atoms with E-state index in [1.54, 1.807) is 12.1 Å². The van der Waals surface area contributed by atoms with Crippen molar-refractivity contribution in [2.75, 3.05) is 10.0 Å². The molecule has 26 heavy (non-hydrogen) atoms. The van der Waals surface area contributed by atoms with Gasteiger partial charge in [-0.05, 0) is 54.4 Å². The highest BCUT2D eigenvalue weighted by molar-refractivity contribution is 7.92. The minimum absolute atomic E-state index is 0.140. The lowest BCUT2D eigenvalue weighted by molar-refractivity contribution is 0.601. The van der Waals surface area contributed by atoms with Gasteiger partial charge in [-0.3, -0.25) is 4.72 Å². The van der Waals surface area contributed by atoms with Gasteiger partial charge in [-0.25, -0.2) is 13.4 Å². The Balaban J connectivity index is 1.74. The highest BCUT2D eigenvalue weighted by atomic mass is 35.5. The van der Waals surface area contributed by atoms with Gasteiger partial charge in [0.2, 0.25) is 0 Å². The van der Waals surface area contributed by atoms with Crippen LogP contribution < -0.4 is 10.0 Å². The molecule has 0 saturated carbocycles. The van der Waals surface area contributed by atoms with E-state index in [0.717, 1.165) is 12.1 Å². The molecule has 0 spiro atoms. The van der Waals surface area contributed by atoms with Gasteiger partial charge in [0.05, 0.1) is 16.8 Å². The van der Waals surface area contributed by atoms with Crippen LogP contribution in [0.4, 0.5) is 17.2 Å². The minimum atomic E-state index is -3.68. The van der Waals surface area contributed by atoms with Crippen molar-refractivity contribution in [3.05, 3.63) is 77.4 Å². The van der Waals surface area contributed by atoms with E-state index in [-0.39, 0.29) is 4.90 Å². The van der Waals surface area contributed by atoms with Crippen LogP contribution in [0.2, 0.25) is 5.02 Å². The second-order valence-corrected chi connectivity index (χ2v) is 7.75. The molecule has 0 aliphatic rings. The molecular weight excluding hydrogens is 370 g/mol. The van der Waals surface area contributed by atoms with Gasteiger partial charge >= 0.3 is 0 Å². The molecule has 2 N–H and O–H groups in total. The Kier molecular flexibility index (Phi) is 5.44. The number of halogens is 1. The van der Waals surface area contributed by atoms with E-state index in [4.69, 9.17) is 11.6 Å². The Morgan fingerprint density at radius 3 is 2.38 bits per heavy atom. The van der Waals surface area contributed by atoms with Crippen molar-refractivity contribution in [3.8, 4) is 0 Å². The lowest BCUT2D eigenvalue weighted by Crippen LogP contribution is -2.13. The topological polar surface area (TPSA) is 71.1 Å². The molecule has 7 heteroatoms. The maximum absolute atomic E-state index is 12.4. The molecule has 1 heterocycles. The fraction of sp³-hybridized carbons (Fsp3) is 0.105. The summed E-state index contributed by atoms with van der Waals surface area (Å²) in [7, 11) is -3.68. The Bertz CT molecular complexity index is 988. The summed E-state index contributed by atoms with van der Waals surface area (Å²) in [5.41, 5.74) is 2.55. The number of rotatable bonds is 6. The summed E-state index contributed by atoms with van der Waals surface area (Å²) in [6.07, 6.45) is 2.38. The van der Waals surface area contributed by atoms with Crippen LogP contribution in [0, 0.1) is 0 Å². The zero-order valence-corrected chi connectivity index (χ0v) is 15.7. The highest BCUT2D eigenvalue weighted by Crippen LogP contribution is 2.22. The van der Waals surface area contributed by atoms with Crippen LogP contribution in [0.3, 0.4) is 0 Å². The van der Waals surface area contributed by atoms with Crippen molar-refractivity contribution in [1.82, 2.24) is 4.98 Å². The summed E-state index contributed by atoms with van der Waals surface area (Å²) >= 11 is 5.80. The van der Waals surface area contributed by atoms with Crippen LogP contribution >= 0.6 is 11.6 Å². The second-order valence-electron chi connectivity index (χ2n) is 5.63. The number of hydrogen-bond acceptors (Lipinski definition) is 4. The molecule has 0 radical (unpaired) electrons. The molecule has 0 saturated heterocycles. The number of anilines is 3. The molecular formula is C19H18ClN3O2S. The van der Waals surface area contributed by atoms with Crippen LogP contribution in [0.15, 0.2) is 71.8 Å². The molecule has 0 fully saturated rings. The van der Waals surface area contributed by atoms with Crippen molar-refractivity contribution in [1.29, 1.82) is 0 Å². The minimum Gasteiger partial charge on any atom is -0.340 e. The number of nitrogens with zero attached hydrogens (tertiary/aromatic N) is 1. The van der Waals surface area contributed by atoms with Crippen LogP contribution in [-0.2, 0) is 16.4 Å². The lowest BCUT2D eigenvalue weighted by Gasteiger charge is -2.11. The SMILES string of the molecule is CCc1ccccc1Nc1ccc(NS(=O)(=O)c2ccc(Cl)cc2)cn1. The summed E-state index contributed by atoms with van der Waals surface area (Å²) in [6.45, 7) is 2.09. The van der Waals surface area contributed by atoms with Crippen LogP contribution in [0.25, 0.3) is 0 Å². The zero-order chi connectivity index (χ0) is 18.6. The van der Waals surface area contributed by atoms with Gasteiger partial charge in [0.25, 0.3) is 10.0 Å². The molecule has 2 aromatic carbocycles. The van der Waals surface area contributed by atoms with Gasteiger partial charge in [-0.15, -0.1) is 0 Å². The van der Waals surface area contributed by atoms with Crippen LogP contribution in [0.5, 0.6) is 0 Å². The van der Waals surface area contributed by atoms with Crippen molar-refractivity contribution in [2.45, 2.75) is 18.2 Å². The first-order valence-electron chi connectivity index (χ1n) is 8.07. The standard InChI is InChI=1S/C19H18ClN3O2S/c1-2-14-5-3-4-6-18(14)22-19-12-9-16(13-21-19)23-26(24,25)17-10-7-15(20)8-11-17/h3-13,23H,2H2,1H3,(H,21,22). The van der Waals surface area contributed by atoms with E-state index >= 15 is 0 Å². The first kappa shape index (κ1) is 18.2. The number of aryl methyl sites for hydroxylation is 1. The molecule has 0 bridgehead atoms. The summed E-state index contributed by atoms with van der Waals surface area (Å²) in [6, 6.07) is 17.4. The summed E-state index contributed by atoms with van der Waals surface area (Å²) < 4.78 is 27.3. The van der Waals surface area contributed by atoms with Gasteiger partial charge in [-0.1, -0.05) is 36.7 Å². The Morgan fingerprint density at radius 1 is 1.00 bits per heavy atom. The van der Waals surface area contributed by atoms with Crippen molar-refractivity contribution in [3.63, 3.8) is 0 Å². The Labute approximate surface area is 158 Å². The molecule has 5 nitrogen and oxygen atoms in total. The van der Waals surface area contributed by atoms with E-state index in [9.17, 15) is 8.42 Å². The number of hydrogen-bond donors (Lipinski definition) is 2. The normalized spacial score (nSPS) is 11.2. The van der Waals surface area contributed by atoms with Gasteiger partial charge < -0.3 is 5.32 Å². The fourth-order valence-corrected chi connectivity index (χ4v) is 3.61. The van der Waals surface area contributed by atoms with Crippen molar-refractivity contribution < 1.29 is 8.42 Å². The van der Waals surface area contributed by atoms with E-state index in [2.05, 4.69) is 28.0 Å². The summed E-state index contributed by atoms with van der Waals surface area (Å²) in [5, 5.41) is 3.73. The van der Waals surface area contributed by atoms with Crippen LogP contribution in [-0.4, -0.2) is 13.4 Å². The first-order valence-corrected chi connectivity index (χ1v) is 9.93. The van der Waals surface area contributed by atoms with Crippen molar-refractivity contribution >= 4 is 38.8 Å².